The quantitative estimate of drug-likeness (QED) is 0.164. The van der Waals surface area contributed by atoms with Crippen molar-refractivity contribution in [2.75, 3.05) is 0 Å². The maximum Gasteiger partial charge on any atom is 0.0540 e. The summed E-state index contributed by atoms with van der Waals surface area (Å²) in [7, 11) is 0. The number of allylic oxidation sites excluding steroid dienone is 5. The zero-order valence-electron chi connectivity index (χ0n) is 25.0. The summed E-state index contributed by atoms with van der Waals surface area (Å²) >= 11 is 3.84. The van der Waals surface area contributed by atoms with E-state index in [0.717, 1.165) is 0 Å². The fourth-order valence-corrected chi connectivity index (χ4v) is 8.93. The van der Waals surface area contributed by atoms with Gasteiger partial charge in [-0.05, 0) is 87.8 Å². The van der Waals surface area contributed by atoms with Crippen LogP contribution in [0.5, 0.6) is 0 Å². The van der Waals surface area contributed by atoms with E-state index >= 15 is 0 Å². The van der Waals surface area contributed by atoms with E-state index in [1.165, 1.54) is 84.9 Å². The Bertz CT molecular complexity index is 2430. The van der Waals surface area contributed by atoms with Gasteiger partial charge in [0.2, 0.25) is 0 Å². The van der Waals surface area contributed by atoms with Crippen LogP contribution in [0.3, 0.4) is 0 Å². The van der Waals surface area contributed by atoms with E-state index in [4.69, 9.17) is 0 Å². The Morgan fingerprint density at radius 3 is 1.93 bits per heavy atom. The molecule has 8 aromatic rings. The standard InChI is InChI=1S/C43H30S2/c1-3-5-13-28(4-2)32-20-22-39-36(25-32)37-27-35(34-19-12-18-31(24-34)29-14-8-6-9-15-29)41-38-26-33(30-16-10-7-11-17-30)21-23-40(38)45-43(41)42(37)44-39/h3-27H,1H2,2H3/b13-5-,28-4+. The summed E-state index contributed by atoms with van der Waals surface area (Å²) in [6, 6.07) is 46.8. The van der Waals surface area contributed by atoms with Crippen LogP contribution < -0.4 is 0 Å². The Kier molecular flexibility index (Phi) is 7.02. The van der Waals surface area contributed by atoms with Crippen molar-refractivity contribution in [1.82, 2.24) is 0 Å². The fourth-order valence-electron chi connectivity index (χ4n) is 6.42. The van der Waals surface area contributed by atoms with Crippen molar-refractivity contribution in [3.05, 3.63) is 164 Å². The predicted octanol–water partition coefficient (Wildman–Crippen LogP) is 13.6. The summed E-state index contributed by atoms with van der Waals surface area (Å²) in [5.41, 5.74) is 9.90. The molecule has 0 aliphatic heterocycles. The minimum Gasteiger partial charge on any atom is -0.134 e. The molecule has 0 saturated heterocycles. The van der Waals surface area contributed by atoms with Crippen molar-refractivity contribution in [3.8, 4) is 33.4 Å². The van der Waals surface area contributed by atoms with Crippen molar-refractivity contribution >= 4 is 68.6 Å². The van der Waals surface area contributed by atoms with Crippen LogP contribution in [0.15, 0.2) is 158 Å². The highest BCUT2D eigenvalue weighted by atomic mass is 32.1. The SMILES string of the molecule is C=C/C=C\C(=C/C)c1ccc2sc3c(cc(-c4cccc(-c5ccccc5)c4)c4c5cc(-c6ccccc6)ccc5sc34)c2c1. The average molecular weight is 611 g/mol. The third-order valence-electron chi connectivity index (χ3n) is 8.62. The first-order valence-corrected chi connectivity index (χ1v) is 16.9. The molecule has 0 fully saturated rings. The molecular formula is C43H30S2. The first kappa shape index (κ1) is 27.5. The number of benzene rings is 6. The number of hydrogen-bond donors (Lipinski definition) is 0. The molecular weight excluding hydrogens is 581 g/mol. The zero-order valence-corrected chi connectivity index (χ0v) is 26.6. The van der Waals surface area contributed by atoms with Crippen LogP contribution >= 0.6 is 22.7 Å². The molecule has 2 heteroatoms. The maximum atomic E-state index is 3.87. The largest absolute Gasteiger partial charge is 0.134 e. The van der Waals surface area contributed by atoms with Gasteiger partial charge in [0.25, 0.3) is 0 Å². The molecule has 2 heterocycles. The van der Waals surface area contributed by atoms with Crippen molar-refractivity contribution in [2.24, 2.45) is 0 Å². The zero-order chi connectivity index (χ0) is 30.3. The summed E-state index contributed by atoms with van der Waals surface area (Å²) in [5, 5.41) is 5.30. The second-order valence-electron chi connectivity index (χ2n) is 11.3. The molecule has 0 radical (unpaired) electrons. The second kappa shape index (κ2) is 11.5. The highest BCUT2D eigenvalue weighted by Gasteiger charge is 2.19. The Morgan fingerprint density at radius 1 is 0.556 bits per heavy atom. The smallest absolute Gasteiger partial charge is 0.0540 e. The number of fused-ring (bicyclic) bond motifs is 7. The lowest BCUT2D eigenvalue weighted by Gasteiger charge is -2.10. The molecule has 0 unspecified atom stereocenters. The first-order valence-electron chi connectivity index (χ1n) is 15.2. The van der Waals surface area contributed by atoms with E-state index in [0.29, 0.717) is 0 Å². The lowest BCUT2D eigenvalue weighted by molar-refractivity contribution is 1.61. The van der Waals surface area contributed by atoms with Gasteiger partial charge in [0.15, 0.2) is 0 Å². The molecule has 214 valence electrons. The number of hydrogen-bond acceptors (Lipinski definition) is 2. The molecule has 2 aromatic heterocycles. The molecule has 45 heavy (non-hydrogen) atoms. The summed E-state index contributed by atoms with van der Waals surface area (Å²) in [6.07, 6.45) is 8.15. The van der Waals surface area contributed by atoms with Gasteiger partial charge in [0.05, 0.1) is 9.40 Å². The fraction of sp³-hybridized carbons (Fsp3) is 0.0233. The molecule has 0 aliphatic rings. The van der Waals surface area contributed by atoms with Crippen molar-refractivity contribution in [1.29, 1.82) is 0 Å². The van der Waals surface area contributed by atoms with Crippen LogP contribution in [0.1, 0.15) is 12.5 Å². The molecule has 0 saturated carbocycles. The summed E-state index contributed by atoms with van der Waals surface area (Å²) in [5.74, 6) is 0. The Labute approximate surface area is 271 Å². The Hall–Kier alpha value is -5.02. The van der Waals surface area contributed by atoms with Gasteiger partial charge in [-0.3, -0.25) is 0 Å². The van der Waals surface area contributed by atoms with E-state index in [1.54, 1.807) is 0 Å². The summed E-state index contributed by atoms with van der Waals surface area (Å²) < 4.78 is 5.37. The molecule has 0 nitrogen and oxygen atoms in total. The molecule has 0 aliphatic carbocycles. The predicted molar refractivity (Wildman–Crippen MR) is 202 cm³/mol. The normalized spacial score (nSPS) is 12.2. The molecule has 8 rings (SSSR count). The van der Waals surface area contributed by atoms with Crippen LogP contribution in [0.2, 0.25) is 0 Å². The van der Waals surface area contributed by atoms with Gasteiger partial charge < -0.3 is 0 Å². The summed E-state index contributed by atoms with van der Waals surface area (Å²) in [6.45, 7) is 5.96. The monoisotopic (exact) mass is 610 g/mol. The van der Waals surface area contributed by atoms with Gasteiger partial charge in [0, 0.05) is 30.9 Å². The van der Waals surface area contributed by atoms with Gasteiger partial charge in [0.1, 0.15) is 0 Å². The van der Waals surface area contributed by atoms with Gasteiger partial charge in [-0.1, -0.05) is 122 Å². The van der Waals surface area contributed by atoms with Crippen LogP contribution in [0.4, 0.5) is 0 Å². The van der Waals surface area contributed by atoms with Crippen LogP contribution in [0.25, 0.3) is 79.3 Å². The van der Waals surface area contributed by atoms with Crippen molar-refractivity contribution < 1.29 is 0 Å². The van der Waals surface area contributed by atoms with Crippen LogP contribution in [-0.4, -0.2) is 0 Å². The lowest BCUT2D eigenvalue weighted by Crippen LogP contribution is -1.84. The minimum absolute atomic E-state index is 1.20. The van der Waals surface area contributed by atoms with Crippen LogP contribution in [-0.2, 0) is 0 Å². The molecule has 0 atom stereocenters. The molecule has 0 spiro atoms. The van der Waals surface area contributed by atoms with Crippen molar-refractivity contribution in [3.63, 3.8) is 0 Å². The minimum atomic E-state index is 1.20. The first-order chi connectivity index (χ1) is 22.2. The highest BCUT2D eigenvalue weighted by molar-refractivity contribution is 7.33. The van der Waals surface area contributed by atoms with E-state index in [1.807, 2.05) is 34.8 Å². The summed E-state index contributed by atoms with van der Waals surface area (Å²) in [4.78, 5) is 0. The molecule has 0 N–H and O–H groups in total. The lowest BCUT2D eigenvalue weighted by atomic mass is 9.93. The van der Waals surface area contributed by atoms with E-state index in [9.17, 15) is 0 Å². The van der Waals surface area contributed by atoms with Gasteiger partial charge >= 0.3 is 0 Å². The van der Waals surface area contributed by atoms with E-state index in [-0.39, 0.29) is 0 Å². The average Bonchev–Trinajstić information content (AvgIpc) is 3.67. The second-order valence-corrected chi connectivity index (χ2v) is 13.4. The number of thiophene rings is 2. The Balaban J connectivity index is 1.45. The number of rotatable bonds is 6. The van der Waals surface area contributed by atoms with Crippen LogP contribution in [0, 0.1) is 0 Å². The topological polar surface area (TPSA) is 0 Å². The third kappa shape index (κ3) is 4.84. The highest BCUT2D eigenvalue weighted by Crippen LogP contribution is 2.49. The third-order valence-corrected chi connectivity index (χ3v) is 11.1. The molecule has 6 aromatic carbocycles. The maximum absolute atomic E-state index is 3.87. The Morgan fingerprint density at radius 2 is 1.20 bits per heavy atom. The van der Waals surface area contributed by atoms with Gasteiger partial charge in [-0.15, -0.1) is 22.7 Å². The van der Waals surface area contributed by atoms with E-state index in [2.05, 4.69) is 153 Å². The van der Waals surface area contributed by atoms with Crippen molar-refractivity contribution in [2.45, 2.75) is 6.92 Å². The van der Waals surface area contributed by atoms with Gasteiger partial charge in [-0.25, -0.2) is 0 Å². The molecule has 0 amide bonds. The van der Waals surface area contributed by atoms with Gasteiger partial charge in [-0.2, -0.15) is 0 Å². The van der Waals surface area contributed by atoms with E-state index < -0.39 is 0 Å². The molecule has 0 bridgehead atoms.